The van der Waals surface area contributed by atoms with E-state index >= 15 is 0 Å². The average Bonchev–Trinajstić information content (AvgIpc) is 3.59. The minimum atomic E-state index is -0.0440. The maximum atomic E-state index is 6.92. The van der Waals surface area contributed by atoms with Gasteiger partial charge in [-0.25, -0.2) is 0 Å². The van der Waals surface area contributed by atoms with E-state index in [1.807, 2.05) is 0 Å². The molecule has 0 spiro atoms. The van der Waals surface area contributed by atoms with E-state index in [0.717, 1.165) is 35.5 Å². The maximum Gasteiger partial charge on any atom is 0.173 e. The Labute approximate surface area is 232 Å². The van der Waals surface area contributed by atoms with Gasteiger partial charge >= 0.3 is 0 Å². The third-order valence-electron chi connectivity index (χ3n) is 9.02. The summed E-state index contributed by atoms with van der Waals surface area (Å²) in [6.07, 6.45) is 8.68. The maximum absolute atomic E-state index is 6.92. The molecule has 2 heterocycles. The standard InChI is InChI=1S/C38H26O2/c1-3-13-25-23(9-1)11-5-15-27(25)29-17-7-19-31-33-21-22-34-32-20-8-18-30(36(32)40-38(34)37(33)39-35(29)31)28-16-6-12-24-10-2-4-14-26(24)28/h1-20,31,35H,21-22H2. The summed E-state index contributed by atoms with van der Waals surface area (Å²) >= 11 is 0. The minimum Gasteiger partial charge on any atom is -0.481 e. The van der Waals surface area contributed by atoms with Crippen LogP contribution in [-0.4, -0.2) is 6.10 Å². The van der Waals surface area contributed by atoms with Crippen molar-refractivity contribution in [3.63, 3.8) is 0 Å². The van der Waals surface area contributed by atoms with Crippen LogP contribution in [0.15, 0.2) is 131 Å². The fourth-order valence-electron chi connectivity index (χ4n) is 7.19. The van der Waals surface area contributed by atoms with E-state index in [1.54, 1.807) is 0 Å². The largest absolute Gasteiger partial charge is 0.481 e. The van der Waals surface area contributed by atoms with Crippen LogP contribution >= 0.6 is 0 Å². The van der Waals surface area contributed by atoms with Crippen molar-refractivity contribution in [2.24, 2.45) is 5.92 Å². The van der Waals surface area contributed by atoms with Crippen molar-refractivity contribution in [2.75, 3.05) is 0 Å². The number of fused-ring (bicyclic) bond motifs is 8. The van der Waals surface area contributed by atoms with Gasteiger partial charge in [-0.2, -0.15) is 0 Å². The zero-order valence-electron chi connectivity index (χ0n) is 21.9. The Kier molecular flexibility index (Phi) is 4.59. The molecule has 3 aliphatic rings. The first-order valence-electron chi connectivity index (χ1n) is 14.1. The molecule has 0 N–H and O–H groups in total. The van der Waals surface area contributed by atoms with Gasteiger partial charge in [-0.3, -0.25) is 0 Å². The summed E-state index contributed by atoms with van der Waals surface area (Å²) in [5.74, 6) is 2.10. The lowest BCUT2D eigenvalue weighted by atomic mass is 9.79. The van der Waals surface area contributed by atoms with Gasteiger partial charge in [0.15, 0.2) is 11.5 Å². The Hall–Kier alpha value is -4.82. The number of benzene rings is 5. The molecule has 40 heavy (non-hydrogen) atoms. The first-order chi connectivity index (χ1) is 19.8. The molecule has 2 unspecified atom stereocenters. The SMILES string of the molecule is C1=CC2C3=C(OC2C(c2cccc4ccccc24)=C1)c1oc2c(-c4cccc5ccccc45)cccc2c1CC3. The quantitative estimate of drug-likeness (QED) is 0.229. The van der Waals surface area contributed by atoms with Crippen molar-refractivity contribution in [1.29, 1.82) is 0 Å². The monoisotopic (exact) mass is 514 g/mol. The summed E-state index contributed by atoms with van der Waals surface area (Å²) < 4.78 is 13.8. The van der Waals surface area contributed by atoms with Crippen LogP contribution in [0.5, 0.6) is 0 Å². The topological polar surface area (TPSA) is 22.4 Å². The van der Waals surface area contributed by atoms with E-state index in [1.165, 1.54) is 54.8 Å². The molecule has 1 aromatic heterocycles. The van der Waals surface area contributed by atoms with Gasteiger partial charge in [-0.1, -0.05) is 121 Å². The predicted octanol–water partition coefficient (Wildman–Crippen LogP) is 9.73. The number of ether oxygens (including phenoxy) is 1. The van der Waals surface area contributed by atoms with Crippen molar-refractivity contribution < 1.29 is 9.15 Å². The summed E-state index contributed by atoms with van der Waals surface area (Å²) in [5, 5.41) is 6.20. The van der Waals surface area contributed by atoms with Gasteiger partial charge in [0, 0.05) is 28.0 Å². The van der Waals surface area contributed by atoms with Crippen LogP contribution in [0, 0.1) is 5.92 Å². The summed E-state index contributed by atoms with van der Waals surface area (Å²) in [6, 6.07) is 36.8. The van der Waals surface area contributed by atoms with Gasteiger partial charge in [0.1, 0.15) is 11.7 Å². The molecular weight excluding hydrogens is 488 g/mol. The summed E-state index contributed by atoms with van der Waals surface area (Å²) in [7, 11) is 0. The number of hydrogen-bond acceptors (Lipinski definition) is 2. The second-order valence-corrected chi connectivity index (χ2v) is 11.1. The molecule has 0 fully saturated rings. The normalized spacial score (nSPS) is 19.4. The van der Waals surface area contributed by atoms with E-state index < -0.39 is 0 Å². The van der Waals surface area contributed by atoms with Crippen molar-refractivity contribution in [3.8, 4) is 11.1 Å². The van der Waals surface area contributed by atoms with Crippen LogP contribution in [0.3, 0.4) is 0 Å². The first kappa shape index (κ1) is 22.0. The Bertz CT molecular complexity index is 2090. The first-order valence-corrected chi connectivity index (χ1v) is 14.1. The zero-order chi connectivity index (χ0) is 26.2. The van der Waals surface area contributed by atoms with Gasteiger partial charge in [0.2, 0.25) is 0 Å². The highest BCUT2D eigenvalue weighted by Gasteiger charge is 2.43. The average molecular weight is 515 g/mol. The number of para-hydroxylation sites is 1. The van der Waals surface area contributed by atoms with Crippen LogP contribution in [0.4, 0.5) is 0 Å². The lowest BCUT2D eigenvalue weighted by Gasteiger charge is -2.25. The van der Waals surface area contributed by atoms with Crippen LogP contribution in [-0.2, 0) is 11.2 Å². The fourth-order valence-corrected chi connectivity index (χ4v) is 7.19. The van der Waals surface area contributed by atoms with Gasteiger partial charge in [-0.15, -0.1) is 0 Å². The third-order valence-corrected chi connectivity index (χ3v) is 9.02. The molecule has 6 aromatic rings. The predicted molar refractivity (Wildman–Crippen MR) is 164 cm³/mol. The third kappa shape index (κ3) is 3.05. The van der Waals surface area contributed by atoms with Crippen molar-refractivity contribution >= 4 is 43.8 Å². The Morgan fingerprint density at radius 1 is 0.600 bits per heavy atom. The van der Waals surface area contributed by atoms with E-state index in [9.17, 15) is 0 Å². The number of aryl methyl sites for hydroxylation is 1. The molecule has 0 radical (unpaired) electrons. The second-order valence-electron chi connectivity index (χ2n) is 11.1. The minimum absolute atomic E-state index is 0.0440. The van der Waals surface area contributed by atoms with Crippen LogP contribution in [0.25, 0.3) is 55.0 Å². The van der Waals surface area contributed by atoms with Crippen molar-refractivity contribution in [1.82, 2.24) is 0 Å². The molecule has 190 valence electrons. The number of furan rings is 1. The zero-order valence-corrected chi connectivity index (χ0v) is 21.9. The lowest BCUT2D eigenvalue weighted by molar-refractivity contribution is 0.216. The van der Waals surface area contributed by atoms with Crippen LogP contribution < -0.4 is 0 Å². The molecule has 9 rings (SSSR count). The smallest absolute Gasteiger partial charge is 0.173 e. The molecule has 0 bridgehead atoms. The van der Waals surface area contributed by atoms with Gasteiger partial charge in [0.25, 0.3) is 0 Å². The summed E-state index contributed by atoms with van der Waals surface area (Å²) in [4.78, 5) is 0. The van der Waals surface area contributed by atoms with E-state index in [-0.39, 0.29) is 12.0 Å². The molecule has 0 saturated heterocycles. The molecule has 5 aromatic carbocycles. The van der Waals surface area contributed by atoms with Crippen molar-refractivity contribution in [2.45, 2.75) is 18.9 Å². The molecule has 2 nitrogen and oxygen atoms in total. The molecule has 2 heteroatoms. The molecule has 2 aliphatic carbocycles. The van der Waals surface area contributed by atoms with Gasteiger partial charge < -0.3 is 9.15 Å². The highest BCUT2D eigenvalue weighted by Crippen LogP contribution is 2.52. The Balaban J connectivity index is 1.18. The Morgan fingerprint density at radius 3 is 2.08 bits per heavy atom. The number of rotatable bonds is 2. The molecular formula is C38H26O2. The number of allylic oxidation sites excluding steroid dienone is 2. The fraction of sp³-hybridized carbons (Fsp3) is 0.105. The van der Waals surface area contributed by atoms with Crippen LogP contribution in [0.2, 0.25) is 0 Å². The van der Waals surface area contributed by atoms with E-state index in [2.05, 4.69) is 121 Å². The van der Waals surface area contributed by atoms with E-state index in [0.29, 0.717) is 0 Å². The highest BCUT2D eigenvalue weighted by atomic mass is 16.5. The van der Waals surface area contributed by atoms with E-state index in [4.69, 9.17) is 9.15 Å². The molecule has 2 atom stereocenters. The molecule has 0 amide bonds. The Morgan fingerprint density at radius 2 is 1.25 bits per heavy atom. The molecule has 0 saturated carbocycles. The van der Waals surface area contributed by atoms with Gasteiger partial charge in [-0.05, 0) is 51.1 Å². The molecule has 1 aliphatic heterocycles. The summed E-state index contributed by atoms with van der Waals surface area (Å²) in [6.45, 7) is 0. The second kappa shape index (κ2) is 8.34. The summed E-state index contributed by atoms with van der Waals surface area (Å²) in [5.41, 5.74) is 8.43. The number of hydrogen-bond donors (Lipinski definition) is 0. The highest BCUT2D eigenvalue weighted by molar-refractivity contribution is 6.05. The van der Waals surface area contributed by atoms with Gasteiger partial charge in [0.05, 0.1) is 0 Å². The lowest BCUT2D eigenvalue weighted by Crippen LogP contribution is -2.21. The van der Waals surface area contributed by atoms with Crippen molar-refractivity contribution in [3.05, 3.63) is 144 Å². The van der Waals surface area contributed by atoms with Crippen LogP contribution in [0.1, 0.15) is 23.3 Å².